The van der Waals surface area contributed by atoms with Gasteiger partial charge < -0.3 is 10.1 Å². The number of thioether (sulfide) groups is 1. The van der Waals surface area contributed by atoms with Gasteiger partial charge in [0.25, 0.3) is 0 Å². The molecule has 0 aliphatic rings. The van der Waals surface area contributed by atoms with E-state index in [-0.39, 0.29) is 17.7 Å². The van der Waals surface area contributed by atoms with Crippen LogP contribution in [0.2, 0.25) is 0 Å². The number of carbonyl (C=O) groups is 2. The Bertz CT molecular complexity index is 848. The van der Waals surface area contributed by atoms with Crippen molar-refractivity contribution in [2.75, 3.05) is 12.4 Å². The van der Waals surface area contributed by atoms with Crippen LogP contribution < -0.4 is 10.1 Å². The lowest BCUT2D eigenvalue weighted by atomic mass is 10.0. The van der Waals surface area contributed by atoms with Gasteiger partial charge in [-0.2, -0.15) is 0 Å². The predicted molar refractivity (Wildman–Crippen MR) is 116 cm³/mol. The molecule has 0 saturated carbocycles. The van der Waals surface area contributed by atoms with Gasteiger partial charge in [0.15, 0.2) is 5.78 Å². The highest BCUT2D eigenvalue weighted by atomic mass is 32.2. The minimum atomic E-state index is -0.0348. The highest BCUT2D eigenvalue weighted by molar-refractivity contribution is 7.99. The average Bonchev–Trinajstić information content (AvgIpc) is 2.65. The van der Waals surface area contributed by atoms with Crippen LogP contribution in [0.15, 0.2) is 36.4 Å². The molecule has 2 rings (SSSR count). The quantitative estimate of drug-likeness (QED) is 0.602. The van der Waals surface area contributed by atoms with Crippen molar-refractivity contribution < 1.29 is 14.3 Å². The normalized spacial score (nSPS) is 11.8. The molecule has 1 amide bonds. The molecule has 4 nitrogen and oxygen atoms in total. The number of ether oxygens (including phenoxy) is 1. The Balaban J connectivity index is 1.93. The number of nitrogens with one attached hydrogen (secondary N) is 1. The van der Waals surface area contributed by atoms with E-state index in [0.717, 1.165) is 16.9 Å². The number of ketones is 1. The Labute approximate surface area is 172 Å². The van der Waals surface area contributed by atoms with Gasteiger partial charge in [0.05, 0.1) is 18.4 Å². The Morgan fingerprint density at radius 3 is 2.50 bits per heavy atom. The van der Waals surface area contributed by atoms with Crippen molar-refractivity contribution in [3.63, 3.8) is 0 Å². The Kier molecular flexibility index (Phi) is 8.12. The van der Waals surface area contributed by atoms with E-state index in [4.69, 9.17) is 4.74 Å². The summed E-state index contributed by atoms with van der Waals surface area (Å²) < 4.78 is 5.65. The highest BCUT2D eigenvalue weighted by Crippen LogP contribution is 2.25. The van der Waals surface area contributed by atoms with Crippen LogP contribution in [0.5, 0.6) is 5.75 Å². The molecule has 0 aliphatic heterocycles. The zero-order valence-corrected chi connectivity index (χ0v) is 18.1. The number of hydrogen-bond acceptors (Lipinski definition) is 4. The fourth-order valence-electron chi connectivity index (χ4n) is 2.86. The smallest absolute Gasteiger partial charge is 0.230 e. The molecule has 0 saturated heterocycles. The van der Waals surface area contributed by atoms with Gasteiger partial charge in [-0.3, -0.25) is 9.59 Å². The SMILES string of the molecule is CCOc1ccc(C(C)=O)cc1CSCC(=O)N[C@H](C)c1ccc(C)c(C)c1. The Morgan fingerprint density at radius 2 is 1.86 bits per heavy atom. The molecular weight excluding hydrogens is 370 g/mol. The number of amides is 1. The lowest BCUT2D eigenvalue weighted by Gasteiger charge is -2.16. The summed E-state index contributed by atoms with van der Waals surface area (Å²) in [6.07, 6.45) is 0. The van der Waals surface area contributed by atoms with Crippen LogP contribution in [-0.4, -0.2) is 24.1 Å². The minimum Gasteiger partial charge on any atom is -0.494 e. The van der Waals surface area contributed by atoms with Crippen molar-refractivity contribution in [3.05, 3.63) is 64.2 Å². The van der Waals surface area contributed by atoms with Crippen molar-refractivity contribution in [3.8, 4) is 5.75 Å². The molecule has 0 radical (unpaired) electrons. The number of rotatable bonds is 9. The Hall–Kier alpha value is -2.27. The Morgan fingerprint density at radius 1 is 1.11 bits per heavy atom. The molecule has 0 unspecified atom stereocenters. The first-order chi connectivity index (χ1) is 13.3. The van der Waals surface area contributed by atoms with Crippen molar-refractivity contribution >= 4 is 23.5 Å². The minimum absolute atomic E-state index is 0.00332. The summed E-state index contributed by atoms with van der Waals surface area (Å²) in [6.45, 7) is 10.2. The number of hydrogen-bond donors (Lipinski definition) is 1. The van der Waals surface area contributed by atoms with Crippen LogP contribution in [0.1, 0.15) is 59.4 Å². The molecule has 1 N–H and O–H groups in total. The number of Topliss-reactive ketones (excluding diaryl/α,β-unsaturated/α-hetero) is 1. The van der Waals surface area contributed by atoms with Gasteiger partial charge in [0, 0.05) is 16.9 Å². The molecule has 2 aromatic rings. The van der Waals surface area contributed by atoms with Gasteiger partial charge in [-0.1, -0.05) is 18.2 Å². The summed E-state index contributed by atoms with van der Waals surface area (Å²) in [4.78, 5) is 24.0. The maximum Gasteiger partial charge on any atom is 0.230 e. The third-order valence-electron chi connectivity index (χ3n) is 4.67. The maximum absolute atomic E-state index is 12.3. The standard InChI is InChI=1S/C23H29NO3S/c1-6-27-22-10-9-20(18(5)25)12-21(22)13-28-14-23(26)24-17(4)19-8-7-15(2)16(3)11-19/h7-12,17H,6,13-14H2,1-5H3,(H,24,26)/t17-/m1/s1. The number of carbonyl (C=O) groups excluding carboxylic acids is 2. The summed E-state index contributed by atoms with van der Waals surface area (Å²) in [7, 11) is 0. The molecule has 0 bridgehead atoms. The van der Waals surface area contributed by atoms with Crippen LogP contribution in [0.4, 0.5) is 0 Å². The van der Waals surface area contributed by atoms with Gasteiger partial charge >= 0.3 is 0 Å². The van der Waals surface area contributed by atoms with Gasteiger partial charge in [-0.25, -0.2) is 0 Å². The van der Waals surface area contributed by atoms with Gasteiger partial charge in [0.1, 0.15) is 5.75 Å². The predicted octanol–water partition coefficient (Wildman–Crippen LogP) is 5.02. The fourth-order valence-corrected chi connectivity index (χ4v) is 3.68. The second kappa shape index (κ2) is 10.3. The topological polar surface area (TPSA) is 55.4 Å². The van der Waals surface area contributed by atoms with Crippen molar-refractivity contribution in [1.29, 1.82) is 0 Å². The number of aryl methyl sites for hydroxylation is 2. The van der Waals surface area contributed by atoms with Crippen LogP contribution in [0, 0.1) is 13.8 Å². The zero-order chi connectivity index (χ0) is 20.7. The molecule has 150 valence electrons. The molecule has 5 heteroatoms. The highest BCUT2D eigenvalue weighted by Gasteiger charge is 2.12. The van der Waals surface area contributed by atoms with Gasteiger partial charge in [0.2, 0.25) is 5.91 Å². The first-order valence-corrected chi connectivity index (χ1v) is 10.7. The summed E-state index contributed by atoms with van der Waals surface area (Å²) in [6, 6.07) is 11.7. The number of benzene rings is 2. The van der Waals surface area contributed by atoms with Gasteiger partial charge in [-0.05, 0) is 69.5 Å². The first-order valence-electron chi connectivity index (χ1n) is 9.52. The molecule has 28 heavy (non-hydrogen) atoms. The van der Waals surface area contributed by atoms with Gasteiger partial charge in [-0.15, -0.1) is 11.8 Å². The lowest BCUT2D eigenvalue weighted by Crippen LogP contribution is -2.28. The van der Waals surface area contributed by atoms with Crippen LogP contribution in [0.3, 0.4) is 0 Å². The summed E-state index contributed by atoms with van der Waals surface area (Å²) in [5.41, 5.74) is 5.17. The molecule has 2 aromatic carbocycles. The van der Waals surface area contributed by atoms with Crippen molar-refractivity contribution in [2.45, 2.75) is 46.4 Å². The molecular formula is C23H29NO3S. The van der Waals surface area contributed by atoms with E-state index in [2.05, 4.69) is 37.4 Å². The van der Waals surface area contributed by atoms with Crippen molar-refractivity contribution in [1.82, 2.24) is 5.32 Å². The second-order valence-corrected chi connectivity index (χ2v) is 7.92. The van der Waals surface area contributed by atoms with E-state index in [1.54, 1.807) is 13.0 Å². The zero-order valence-electron chi connectivity index (χ0n) is 17.3. The lowest BCUT2D eigenvalue weighted by molar-refractivity contribution is -0.119. The van der Waals surface area contributed by atoms with Crippen molar-refractivity contribution in [2.24, 2.45) is 0 Å². The van der Waals surface area contributed by atoms with E-state index in [0.29, 0.717) is 23.7 Å². The molecule has 0 heterocycles. The largest absolute Gasteiger partial charge is 0.494 e. The average molecular weight is 400 g/mol. The molecule has 0 fully saturated rings. The molecule has 1 atom stereocenters. The molecule has 0 aliphatic carbocycles. The second-order valence-electron chi connectivity index (χ2n) is 6.94. The van der Waals surface area contributed by atoms with E-state index >= 15 is 0 Å². The van der Waals surface area contributed by atoms with E-state index in [1.807, 2.05) is 26.0 Å². The molecule has 0 aromatic heterocycles. The summed E-state index contributed by atoms with van der Waals surface area (Å²) in [5, 5.41) is 3.05. The van der Waals surface area contributed by atoms with E-state index in [9.17, 15) is 9.59 Å². The monoisotopic (exact) mass is 399 g/mol. The van der Waals surface area contributed by atoms with Crippen LogP contribution >= 0.6 is 11.8 Å². The van der Waals surface area contributed by atoms with E-state index < -0.39 is 0 Å². The summed E-state index contributed by atoms with van der Waals surface area (Å²) >= 11 is 1.51. The molecule has 0 spiro atoms. The maximum atomic E-state index is 12.3. The van der Waals surface area contributed by atoms with Crippen LogP contribution in [-0.2, 0) is 10.5 Å². The fraction of sp³-hybridized carbons (Fsp3) is 0.391. The third-order valence-corrected chi connectivity index (χ3v) is 5.65. The van der Waals surface area contributed by atoms with Crippen LogP contribution in [0.25, 0.3) is 0 Å². The third kappa shape index (κ3) is 6.13. The van der Waals surface area contributed by atoms with E-state index in [1.165, 1.54) is 22.9 Å². The first kappa shape index (κ1) is 22.0. The summed E-state index contributed by atoms with van der Waals surface area (Å²) in [5.74, 6) is 1.75.